The summed E-state index contributed by atoms with van der Waals surface area (Å²) >= 11 is 0. The summed E-state index contributed by atoms with van der Waals surface area (Å²) in [6.45, 7) is 0. The van der Waals surface area contributed by atoms with Gasteiger partial charge in [0.25, 0.3) is 0 Å². The van der Waals surface area contributed by atoms with Crippen LogP contribution in [0.4, 0.5) is 5.88 Å². The fraction of sp³-hybridized carbons (Fsp3) is 0.167. The zero-order valence-corrected chi connectivity index (χ0v) is 13.6. The van der Waals surface area contributed by atoms with Crippen LogP contribution in [0.5, 0.6) is 17.2 Å². The number of hydrogen-bond donors (Lipinski definition) is 1. The molecule has 3 rings (SSSR count). The van der Waals surface area contributed by atoms with E-state index >= 15 is 0 Å². The van der Waals surface area contributed by atoms with E-state index in [1.807, 2.05) is 12.1 Å². The number of furan rings is 1. The number of methoxy groups -OCH3 is 3. The van der Waals surface area contributed by atoms with Gasteiger partial charge in [0, 0.05) is 10.9 Å². The van der Waals surface area contributed by atoms with Crippen LogP contribution in [0.25, 0.3) is 11.0 Å². The molecule has 0 aliphatic carbocycles. The van der Waals surface area contributed by atoms with Gasteiger partial charge in [-0.15, -0.1) is 0 Å². The number of rotatable bonds is 5. The number of nitrogen functional groups attached to an aromatic ring is 1. The lowest BCUT2D eigenvalue weighted by molar-refractivity contribution is 0.103. The highest BCUT2D eigenvalue weighted by molar-refractivity contribution is 6.19. The molecule has 124 valence electrons. The Balaban J connectivity index is 2.18. The Bertz CT molecular complexity index is 888. The number of nitrogens with two attached hydrogens (primary N) is 1. The van der Waals surface area contributed by atoms with E-state index in [-0.39, 0.29) is 11.7 Å². The first kappa shape index (κ1) is 15.7. The van der Waals surface area contributed by atoms with Crippen LogP contribution in [0.2, 0.25) is 0 Å². The van der Waals surface area contributed by atoms with Crippen LogP contribution < -0.4 is 19.9 Å². The first-order chi connectivity index (χ1) is 11.6. The molecule has 0 aliphatic rings. The summed E-state index contributed by atoms with van der Waals surface area (Å²) < 4.78 is 21.3. The van der Waals surface area contributed by atoms with E-state index < -0.39 is 0 Å². The van der Waals surface area contributed by atoms with E-state index in [9.17, 15) is 4.79 Å². The predicted molar refractivity (Wildman–Crippen MR) is 90.2 cm³/mol. The van der Waals surface area contributed by atoms with E-state index in [1.54, 1.807) is 24.3 Å². The standard InChI is InChI=1S/C18H17NO5/c1-21-13-8-10(9-14(22-2)17(13)23-3)16(20)15-11-6-4-5-7-12(11)24-18(15)19/h4-9H,19H2,1-3H3. The smallest absolute Gasteiger partial charge is 0.203 e. The molecule has 6 nitrogen and oxygen atoms in total. The number of ketones is 1. The van der Waals surface area contributed by atoms with Crippen molar-refractivity contribution in [3.63, 3.8) is 0 Å². The third kappa shape index (κ3) is 2.42. The van der Waals surface area contributed by atoms with Gasteiger partial charge in [-0.3, -0.25) is 4.79 Å². The van der Waals surface area contributed by atoms with E-state index in [0.29, 0.717) is 39.3 Å². The molecule has 0 saturated heterocycles. The molecule has 0 saturated carbocycles. The third-order valence-corrected chi connectivity index (χ3v) is 3.78. The van der Waals surface area contributed by atoms with Gasteiger partial charge in [0.1, 0.15) is 5.58 Å². The highest BCUT2D eigenvalue weighted by Gasteiger charge is 2.23. The van der Waals surface area contributed by atoms with Crippen LogP contribution in [0.15, 0.2) is 40.8 Å². The van der Waals surface area contributed by atoms with Crippen LogP contribution in [-0.2, 0) is 0 Å². The minimum Gasteiger partial charge on any atom is -0.493 e. The first-order valence-electron chi connectivity index (χ1n) is 7.22. The molecule has 0 aliphatic heterocycles. The van der Waals surface area contributed by atoms with Crippen LogP contribution in [0.1, 0.15) is 15.9 Å². The summed E-state index contributed by atoms with van der Waals surface area (Å²) in [7, 11) is 4.49. The summed E-state index contributed by atoms with van der Waals surface area (Å²) in [5.41, 5.74) is 7.16. The van der Waals surface area contributed by atoms with Crippen LogP contribution in [0.3, 0.4) is 0 Å². The van der Waals surface area contributed by atoms with Crippen molar-refractivity contribution < 1.29 is 23.4 Å². The molecule has 6 heteroatoms. The van der Waals surface area contributed by atoms with Gasteiger partial charge in [0.15, 0.2) is 17.3 Å². The highest BCUT2D eigenvalue weighted by atomic mass is 16.5. The summed E-state index contributed by atoms with van der Waals surface area (Å²) in [6.07, 6.45) is 0. The van der Waals surface area contributed by atoms with Crippen molar-refractivity contribution in [2.75, 3.05) is 27.1 Å². The Morgan fingerprint density at radius 3 is 2.21 bits per heavy atom. The maximum absolute atomic E-state index is 13.0. The molecular formula is C18H17NO5. The van der Waals surface area contributed by atoms with Gasteiger partial charge in [0.05, 0.1) is 26.9 Å². The molecule has 2 N–H and O–H groups in total. The summed E-state index contributed by atoms with van der Waals surface area (Å²) in [6, 6.07) is 10.4. The Morgan fingerprint density at radius 2 is 1.62 bits per heavy atom. The lowest BCUT2D eigenvalue weighted by Crippen LogP contribution is -2.05. The summed E-state index contributed by atoms with van der Waals surface area (Å²) in [4.78, 5) is 13.0. The van der Waals surface area contributed by atoms with Gasteiger partial charge in [-0.05, 0) is 18.2 Å². The second kappa shape index (κ2) is 6.16. The lowest BCUT2D eigenvalue weighted by atomic mass is 10.0. The number of carbonyl (C=O) groups excluding carboxylic acids is 1. The van der Waals surface area contributed by atoms with Gasteiger partial charge >= 0.3 is 0 Å². The Hall–Kier alpha value is -3.15. The molecule has 3 aromatic rings. The maximum atomic E-state index is 13.0. The zero-order valence-electron chi connectivity index (χ0n) is 13.6. The van der Waals surface area contributed by atoms with E-state index in [0.717, 1.165) is 0 Å². The van der Waals surface area contributed by atoms with Crippen molar-refractivity contribution in [3.05, 3.63) is 47.5 Å². The van der Waals surface area contributed by atoms with Crippen LogP contribution >= 0.6 is 0 Å². The molecule has 2 aromatic carbocycles. The Kier molecular flexibility index (Phi) is 4.04. The van der Waals surface area contributed by atoms with Gasteiger partial charge in [-0.25, -0.2) is 0 Å². The minimum absolute atomic E-state index is 0.0787. The quantitative estimate of drug-likeness (QED) is 0.724. The number of ether oxygens (including phenoxy) is 3. The van der Waals surface area contributed by atoms with E-state index in [2.05, 4.69) is 0 Å². The van der Waals surface area contributed by atoms with Crippen molar-refractivity contribution in [1.29, 1.82) is 0 Å². The molecule has 0 amide bonds. The maximum Gasteiger partial charge on any atom is 0.203 e. The number of carbonyl (C=O) groups is 1. The highest BCUT2D eigenvalue weighted by Crippen LogP contribution is 2.39. The number of para-hydroxylation sites is 1. The topological polar surface area (TPSA) is 83.9 Å². The molecule has 1 heterocycles. The van der Waals surface area contributed by atoms with Crippen molar-refractivity contribution >= 4 is 22.6 Å². The van der Waals surface area contributed by atoms with Gasteiger partial charge in [-0.2, -0.15) is 0 Å². The average molecular weight is 327 g/mol. The average Bonchev–Trinajstić information content (AvgIpc) is 2.95. The second-order valence-electron chi connectivity index (χ2n) is 5.08. The molecule has 0 radical (unpaired) electrons. The Labute approximate surface area is 138 Å². The molecule has 0 unspecified atom stereocenters. The normalized spacial score (nSPS) is 10.6. The summed E-state index contributed by atoms with van der Waals surface area (Å²) in [5, 5.41) is 0.661. The predicted octanol–water partition coefficient (Wildman–Crippen LogP) is 3.27. The van der Waals surface area contributed by atoms with Crippen LogP contribution in [0, 0.1) is 0 Å². The molecule has 1 aromatic heterocycles. The number of benzene rings is 2. The Morgan fingerprint density at radius 1 is 1.00 bits per heavy atom. The van der Waals surface area contributed by atoms with Gasteiger partial charge in [0.2, 0.25) is 11.6 Å². The van der Waals surface area contributed by atoms with Gasteiger partial charge in [-0.1, -0.05) is 18.2 Å². The lowest BCUT2D eigenvalue weighted by Gasteiger charge is -2.13. The largest absolute Gasteiger partial charge is 0.493 e. The molecule has 24 heavy (non-hydrogen) atoms. The monoisotopic (exact) mass is 327 g/mol. The fourth-order valence-electron chi connectivity index (χ4n) is 2.66. The molecule has 0 bridgehead atoms. The zero-order chi connectivity index (χ0) is 17.3. The second-order valence-corrected chi connectivity index (χ2v) is 5.08. The minimum atomic E-state index is -0.281. The van der Waals surface area contributed by atoms with Crippen molar-refractivity contribution in [2.24, 2.45) is 0 Å². The molecular weight excluding hydrogens is 310 g/mol. The van der Waals surface area contributed by atoms with Gasteiger partial charge < -0.3 is 24.4 Å². The van der Waals surface area contributed by atoms with E-state index in [1.165, 1.54) is 21.3 Å². The SMILES string of the molecule is COc1cc(C(=O)c2c(N)oc3ccccc23)cc(OC)c1OC. The first-order valence-corrected chi connectivity index (χ1v) is 7.22. The molecule has 0 fully saturated rings. The van der Waals surface area contributed by atoms with E-state index in [4.69, 9.17) is 24.4 Å². The fourth-order valence-corrected chi connectivity index (χ4v) is 2.66. The number of hydrogen-bond acceptors (Lipinski definition) is 6. The van der Waals surface area contributed by atoms with Crippen molar-refractivity contribution in [2.45, 2.75) is 0 Å². The number of anilines is 1. The third-order valence-electron chi connectivity index (χ3n) is 3.78. The summed E-state index contributed by atoms with van der Waals surface area (Å²) in [5.74, 6) is 1.01. The van der Waals surface area contributed by atoms with Crippen molar-refractivity contribution in [1.82, 2.24) is 0 Å². The number of fused-ring (bicyclic) bond motifs is 1. The molecule has 0 atom stereocenters. The van der Waals surface area contributed by atoms with Crippen molar-refractivity contribution in [3.8, 4) is 17.2 Å². The van der Waals surface area contributed by atoms with Crippen LogP contribution in [-0.4, -0.2) is 27.1 Å². The molecule has 0 spiro atoms.